The number of benzene rings is 2. The molecule has 1 nitrogen and oxygen atoms in total. The summed E-state index contributed by atoms with van der Waals surface area (Å²) in [5.41, 5.74) is 9.60. The topological polar surface area (TPSA) is 26.0 Å². The Morgan fingerprint density at radius 2 is 1.68 bits per heavy atom. The second kappa shape index (κ2) is 6.42. The minimum Gasteiger partial charge on any atom is -0.324 e. The van der Waals surface area contributed by atoms with Crippen LogP contribution in [0.4, 0.5) is 0 Å². The van der Waals surface area contributed by atoms with Gasteiger partial charge in [0.2, 0.25) is 0 Å². The molecule has 0 bridgehead atoms. The Balaban J connectivity index is 2.23. The van der Waals surface area contributed by atoms with E-state index in [2.05, 4.69) is 25.1 Å². The Kier molecular flexibility index (Phi) is 4.87. The maximum atomic E-state index is 6.27. The van der Waals surface area contributed by atoms with E-state index in [1.807, 2.05) is 24.3 Å². The Labute approximate surface area is 124 Å². The molecule has 3 heteroatoms. The second-order valence-electron chi connectivity index (χ2n) is 4.61. The molecule has 2 aromatic rings. The van der Waals surface area contributed by atoms with Crippen molar-refractivity contribution in [2.45, 2.75) is 25.8 Å². The summed E-state index contributed by atoms with van der Waals surface area (Å²) in [6, 6.07) is 13.8. The number of hydrogen-bond donors (Lipinski definition) is 1. The molecule has 100 valence electrons. The zero-order valence-corrected chi connectivity index (χ0v) is 12.4. The fourth-order valence-electron chi connectivity index (χ4n) is 2.11. The lowest BCUT2D eigenvalue weighted by molar-refractivity contribution is 0.721. The van der Waals surface area contributed by atoms with Gasteiger partial charge in [-0.2, -0.15) is 0 Å². The van der Waals surface area contributed by atoms with Crippen LogP contribution < -0.4 is 5.73 Å². The number of halogens is 2. The fraction of sp³-hybridized carbons (Fsp3) is 0.250. The third-order valence-corrected chi connectivity index (χ3v) is 3.98. The van der Waals surface area contributed by atoms with E-state index < -0.39 is 0 Å². The maximum Gasteiger partial charge on any atom is 0.0453 e. The normalized spacial score (nSPS) is 12.4. The quantitative estimate of drug-likeness (QED) is 0.861. The van der Waals surface area contributed by atoms with Gasteiger partial charge < -0.3 is 5.73 Å². The van der Waals surface area contributed by atoms with Gasteiger partial charge in [0.05, 0.1) is 0 Å². The number of hydrogen-bond acceptors (Lipinski definition) is 1. The van der Waals surface area contributed by atoms with Crippen LogP contribution in [0.25, 0.3) is 0 Å². The first-order chi connectivity index (χ1) is 9.11. The Morgan fingerprint density at radius 1 is 1.05 bits per heavy atom. The van der Waals surface area contributed by atoms with E-state index in [4.69, 9.17) is 28.9 Å². The van der Waals surface area contributed by atoms with Crippen molar-refractivity contribution < 1.29 is 0 Å². The average Bonchev–Trinajstić information content (AvgIpc) is 2.43. The SMILES string of the molecule is CCc1cccc(C(N)Cc2c(Cl)cccc2Cl)c1. The summed E-state index contributed by atoms with van der Waals surface area (Å²) in [5.74, 6) is 0. The van der Waals surface area contributed by atoms with Crippen molar-refractivity contribution in [1.82, 2.24) is 0 Å². The molecule has 0 saturated carbocycles. The first kappa shape index (κ1) is 14.4. The lowest BCUT2D eigenvalue weighted by Gasteiger charge is -2.15. The molecule has 0 heterocycles. The van der Waals surface area contributed by atoms with E-state index in [0.717, 1.165) is 17.5 Å². The van der Waals surface area contributed by atoms with Crippen LogP contribution in [-0.4, -0.2) is 0 Å². The second-order valence-corrected chi connectivity index (χ2v) is 5.42. The maximum absolute atomic E-state index is 6.27. The highest BCUT2D eigenvalue weighted by molar-refractivity contribution is 6.36. The zero-order valence-electron chi connectivity index (χ0n) is 10.9. The highest BCUT2D eigenvalue weighted by Crippen LogP contribution is 2.28. The van der Waals surface area contributed by atoms with Crippen LogP contribution in [0, 0.1) is 0 Å². The molecule has 0 aliphatic heterocycles. The molecule has 0 aliphatic rings. The molecule has 2 aromatic carbocycles. The van der Waals surface area contributed by atoms with E-state index >= 15 is 0 Å². The average molecular weight is 294 g/mol. The van der Waals surface area contributed by atoms with Crippen LogP contribution in [-0.2, 0) is 12.8 Å². The minimum absolute atomic E-state index is 0.0936. The van der Waals surface area contributed by atoms with Gasteiger partial charge in [0, 0.05) is 16.1 Å². The van der Waals surface area contributed by atoms with E-state index in [9.17, 15) is 0 Å². The van der Waals surface area contributed by atoms with Gasteiger partial charge in [0.1, 0.15) is 0 Å². The Bertz CT molecular complexity index is 546. The summed E-state index contributed by atoms with van der Waals surface area (Å²) < 4.78 is 0. The summed E-state index contributed by atoms with van der Waals surface area (Å²) in [4.78, 5) is 0. The fourth-order valence-corrected chi connectivity index (χ4v) is 2.66. The Hall–Kier alpha value is -1.02. The first-order valence-corrected chi connectivity index (χ1v) is 7.14. The van der Waals surface area contributed by atoms with Gasteiger partial charge in [-0.25, -0.2) is 0 Å². The van der Waals surface area contributed by atoms with Gasteiger partial charge in [0.15, 0.2) is 0 Å². The molecule has 0 spiro atoms. The van der Waals surface area contributed by atoms with E-state index in [-0.39, 0.29) is 6.04 Å². The van der Waals surface area contributed by atoms with E-state index in [1.165, 1.54) is 5.56 Å². The molecule has 0 radical (unpaired) electrons. The third-order valence-electron chi connectivity index (χ3n) is 3.27. The van der Waals surface area contributed by atoms with Crippen LogP contribution >= 0.6 is 23.2 Å². The van der Waals surface area contributed by atoms with Crippen LogP contribution in [0.15, 0.2) is 42.5 Å². The minimum atomic E-state index is -0.0936. The van der Waals surface area contributed by atoms with Crippen LogP contribution in [0.3, 0.4) is 0 Å². The summed E-state index contributed by atoms with van der Waals surface area (Å²) in [5, 5.41) is 1.35. The largest absolute Gasteiger partial charge is 0.324 e. The van der Waals surface area contributed by atoms with Gasteiger partial charge in [0.25, 0.3) is 0 Å². The number of aryl methyl sites for hydroxylation is 1. The van der Waals surface area contributed by atoms with Gasteiger partial charge in [-0.3, -0.25) is 0 Å². The first-order valence-electron chi connectivity index (χ1n) is 6.39. The molecule has 0 aromatic heterocycles. The predicted molar refractivity (Wildman–Crippen MR) is 82.9 cm³/mol. The third kappa shape index (κ3) is 3.50. The molecule has 0 fully saturated rings. The van der Waals surface area contributed by atoms with Crippen molar-refractivity contribution in [1.29, 1.82) is 0 Å². The highest BCUT2D eigenvalue weighted by atomic mass is 35.5. The van der Waals surface area contributed by atoms with Crippen molar-refractivity contribution in [3.8, 4) is 0 Å². The molecule has 1 atom stereocenters. The van der Waals surface area contributed by atoms with Gasteiger partial charge in [-0.15, -0.1) is 0 Å². The van der Waals surface area contributed by atoms with E-state index in [1.54, 1.807) is 0 Å². The van der Waals surface area contributed by atoms with Gasteiger partial charge in [-0.1, -0.05) is 60.5 Å². The number of nitrogens with two attached hydrogens (primary N) is 1. The monoisotopic (exact) mass is 293 g/mol. The molecular formula is C16H17Cl2N. The van der Waals surface area contributed by atoms with Crippen molar-refractivity contribution >= 4 is 23.2 Å². The summed E-state index contributed by atoms with van der Waals surface area (Å²) in [6.45, 7) is 2.13. The van der Waals surface area contributed by atoms with Crippen molar-refractivity contribution in [3.05, 3.63) is 69.2 Å². The van der Waals surface area contributed by atoms with Crippen molar-refractivity contribution in [2.24, 2.45) is 5.73 Å². The van der Waals surface area contributed by atoms with Crippen molar-refractivity contribution in [2.75, 3.05) is 0 Å². The van der Waals surface area contributed by atoms with Crippen LogP contribution in [0.2, 0.25) is 10.0 Å². The Morgan fingerprint density at radius 3 is 2.32 bits per heavy atom. The molecule has 2 N–H and O–H groups in total. The standard InChI is InChI=1S/C16H17Cl2N/c1-2-11-5-3-6-12(9-11)16(19)10-13-14(17)7-4-8-15(13)18/h3-9,16H,2,10,19H2,1H3. The lowest BCUT2D eigenvalue weighted by Crippen LogP contribution is -2.14. The van der Waals surface area contributed by atoms with Gasteiger partial charge in [-0.05, 0) is 41.7 Å². The zero-order chi connectivity index (χ0) is 13.8. The lowest BCUT2D eigenvalue weighted by atomic mass is 9.97. The highest BCUT2D eigenvalue weighted by Gasteiger charge is 2.12. The van der Waals surface area contributed by atoms with Crippen LogP contribution in [0.5, 0.6) is 0 Å². The molecular weight excluding hydrogens is 277 g/mol. The van der Waals surface area contributed by atoms with Crippen LogP contribution in [0.1, 0.15) is 29.7 Å². The molecule has 19 heavy (non-hydrogen) atoms. The molecule has 1 unspecified atom stereocenters. The summed E-state index contributed by atoms with van der Waals surface area (Å²) >= 11 is 12.4. The summed E-state index contributed by atoms with van der Waals surface area (Å²) in [7, 11) is 0. The molecule has 0 amide bonds. The molecule has 0 aliphatic carbocycles. The summed E-state index contributed by atoms with van der Waals surface area (Å²) in [6.07, 6.45) is 1.65. The predicted octanol–water partition coefficient (Wildman–Crippen LogP) is 4.80. The molecule has 2 rings (SSSR count). The smallest absolute Gasteiger partial charge is 0.0453 e. The number of rotatable bonds is 4. The van der Waals surface area contributed by atoms with E-state index in [0.29, 0.717) is 16.5 Å². The van der Waals surface area contributed by atoms with Crippen molar-refractivity contribution in [3.63, 3.8) is 0 Å². The van der Waals surface area contributed by atoms with Gasteiger partial charge >= 0.3 is 0 Å². The molecule has 0 saturated heterocycles.